The minimum absolute atomic E-state index is 0.169. The van der Waals surface area contributed by atoms with Gasteiger partial charge in [-0.05, 0) is 43.0 Å². The van der Waals surface area contributed by atoms with Crippen LogP contribution in [-0.2, 0) is 0 Å². The fourth-order valence-electron chi connectivity index (χ4n) is 2.49. The maximum atomic E-state index is 12.4. The first-order valence-corrected chi connectivity index (χ1v) is 7.86. The van der Waals surface area contributed by atoms with Gasteiger partial charge in [-0.15, -0.1) is 0 Å². The van der Waals surface area contributed by atoms with E-state index >= 15 is 0 Å². The summed E-state index contributed by atoms with van der Waals surface area (Å²) in [5.74, 6) is 0.826. The lowest BCUT2D eigenvalue weighted by atomic mass is 10.1. The van der Waals surface area contributed by atoms with E-state index in [-0.39, 0.29) is 5.91 Å². The molecule has 2 rings (SSSR count). The summed E-state index contributed by atoms with van der Waals surface area (Å²) in [6, 6.07) is 7.85. The van der Waals surface area contributed by atoms with E-state index in [9.17, 15) is 4.79 Å². The van der Waals surface area contributed by atoms with Gasteiger partial charge in [-0.25, -0.2) is 0 Å². The summed E-state index contributed by atoms with van der Waals surface area (Å²) in [7, 11) is 4.00. The van der Waals surface area contributed by atoms with Crippen LogP contribution in [0.2, 0.25) is 0 Å². The fraction of sp³-hybridized carbons (Fsp3) is 0.533. The summed E-state index contributed by atoms with van der Waals surface area (Å²) < 4.78 is 0. The Kier molecular flexibility index (Phi) is 4.86. The Balaban J connectivity index is 2.00. The first-order chi connectivity index (χ1) is 9.11. The summed E-state index contributed by atoms with van der Waals surface area (Å²) in [4.78, 5) is 16.4. The summed E-state index contributed by atoms with van der Waals surface area (Å²) in [5.41, 5.74) is 1.92. The van der Waals surface area contributed by atoms with Crippen LogP contribution in [0.3, 0.4) is 0 Å². The van der Waals surface area contributed by atoms with Crippen molar-refractivity contribution in [2.75, 3.05) is 37.4 Å². The lowest BCUT2D eigenvalue weighted by molar-refractivity contribution is 0.0787. The van der Waals surface area contributed by atoms with Crippen molar-refractivity contribution in [1.82, 2.24) is 4.90 Å². The van der Waals surface area contributed by atoms with Crippen molar-refractivity contribution in [3.8, 4) is 0 Å². The van der Waals surface area contributed by atoms with Crippen LogP contribution in [0, 0.1) is 5.92 Å². The number of benzene rings is 1. The molecule has 1 fully saturated rings. The maximum Gasteiger partial charge on any atom is 0.253 e. The van der Waals surface area contributed by atoms with Crippen LogP contribution >= 0.6 is 15.9 Å². The van der Waals surface area contributed by atoms with Crippen LogP contribution in [-0.4, -0.2) is 43.3 Å². The standard InChI is InChI=1S/C15H21BrN2O/c1-17(2)14-5-3-13(4-6-14)15(19)18-10-8-12(11-18)7-9-16/h3-6,12H,7-11H2,1-2H3. The summed E-state index contributed by atoms with van der Waals surface area (Å²) in [6.07, 6.45) is 2.29. The van der Waals surface area contributed by atoms with Gasteiger partial charge < -0.3 is 9.80 Å². The molecule has 0 radical (unpaired) electrons. The molecular formula is C15H21BrN2O. The molecule has 1 amide bonds. The molecule has 19 heavy (non-hydrogen) atoms. The van der Waals surface area contributed by atoms with Gasteiger partial charge in [0.25, 0.3) is 5.91 Å². The zero-order valence-electron chi connectivity index (χ0n) is 11.6. The number of amides is 1. The molecule has 1 unspecified atom stereocenters. The smallest absolute Gasteiger partial charge is 0.253 e. The Morgan fingerprint density at radius 2 is 2.05 bits per heavy atom. The number of hydrogen-bond donors (Lipinski definition) is 0. The van der Waals surface area contributed by atoms with Gasteiger partial charge >= 0.3 is 0 Å². The Bertz CT molecular complexity index is 430. The third-order valence-electron chi connectivity index (χ3n) is 3.72. The summed E-state index contributed by atoms with van der Waals surface area (Å²) in [5, 5.41) is 1.03. The molecule has 0 bridgehead atoms. The maximum absolute atomic E-state index is 12.4. The van der Waals surface area contributed by atoms with Gasteiger partial charge in [-0.3, -0.25) is 4.79 Å². The van der Waals surface area contributed by atoms with Crippen LogP contribution < -0.4 is 4.90 Å². The van der Waals surface area contributed by atoms with Gasteiger partial charge in [0.15, 0.2) is 0 Å². The third-order valence-corrected chi connectivity index (χ3v) is 4.18. The number of anilines is 1. The van der Waals surface area contributed by atoms with Crippen molar-refractivity contribution in [2.45, 2.75) is 12.8 Å². The molecule has 1 atom stereocenters. The van der Waals surface area contributed by atoms with E-state index in [4.69, 9.17) is 0 Å². The normalized spacial score (nSPS) is 18.7. The second kappa shape index (κ2) is 6.42. The highest BCUT2D eigenvalue weighted by Gasteiger charge is 2.26. The lowest BCUT2D eigenvalue weighted by Crippen LogP contribution is -2.28. The number of halogens is 1. The SMILES string of the molecule is CN(C)c1ccc(C(=O)N2CCC(CCBr)C2)cc1. The average Bonchev–Trinajstić information content (AvgIpc) is 2.87. The molecule has 1 heterocycles. The van der Waals surface area contributed by atoms with Gasteiger partial charge in [0.2, 0.25) is 0 Å². The average molecular weight is 325 g/mol. The first kappa shape index (κ1) is 14.4. The van der Waals surface area contributed by atoms with Crippen molar-refractivity contribution in [2.24, 2.45) is 5.92 Å². The molecule has 0 spiro atoms. The molecule has 0 saturated carbocycles. The molecule has 3 nitrogen and oxygen atoms in total. The van der Waals surface area contributed by atoms with E-state index in [1.54, 1.807) is 0 Å². The number of alkyl halides is 1. The van der Waals surface area contributed by atoms with Crippen LogP contribution in [0.5, 0.6) is 0 Å². The molecule has 1 saturated heterocycles. The van der Waals surface area contributed by atoms with Gasteiger partial charge in [0.05, 0.1) is 0 Å². The van der Waals surface area contributed by atoms with Crippen molar-refractivity contribution in [3.05, 3.63) is 29.8 Å². The minimum Gasteiger partial charge on any atom is -0.378 e. The van der Waals surface area contributed by atoms with E-state index in [0.29, 0.717) is 5.92 Å². The highest BCUT2D eigenvalue weighted by molar-refractivity contribution is 9.09. The van der Waals surface area contributed by atoms with Gasteiger partial charge in [0, 0.05) is 43.8 Å². The van der Waals surface area contributed by atoms with E-state index < -0.39 is 0 Å². The predicted molar refractivity (Wildman–Crippen MR) is 83.2 cm³/mol. The molecule has 4 heteroatoms. The number of carbonyl (C=O) groups excluding carboxylic acids is 1. The molecule has 1 aromatic rings. The molecule has 0 aromatic heterocycles. The number of hydrogen-bond acceptors (Lipinski definition) is 2. The highest BCUT2D eigenvalue weighted by atomic mass is 79.9. The Hall–Kier alpha value is -1.03. The molecule has 1 aliphatic rings. The van der Waals surface area contributed by atoms with Crippen molar-refractivity contribution in [3.63, 3.8) is 0 Å². The zero-order chi connectivity index (χ0) is 13.8. The fourth-order valence-corrected chi connectivity index (χ4v) is 3.14. The highest BCUT2D eigenvalue weighted by Crippen LogP contribution is 2.22. The van der Waals surface area contributed by atoms with Crippen LogP contribution in [0.1, 0.15) is 23.2 Å². The predicted octanol–water partition coefficient (Wildman–Crippen LogP) is 3.00. The van der Waals surface area contributed by atoms with E-state index in [0.717, 1.165) is 42.5 Å². The molecule has 0 N–H and O–H groups in total. The first-order valence-electron chi connectivity index (χ1n) is 6.74. The number of nitrogens with zero attached hydrogens (tertiary/aromatic N) is 2. The van der Waals surface area contributed by atoms with Crippen LogP contribution in [0.4, 0.5) is 5.69 Å². The van der Waals surface area contributed by atoms with Gasteiger partial charge in [-0.1, -0.05) is 15.9 Å². The Labute approximate surface area is 123 Å². The van der Waals surface area contributed by atoms with Crippen LogP contribution in [0.25, 0.3) is 0 Å². The second-order valence-corrected chi connectivity index (χ2v) is 6.12. The number of rotatable bonds is 4. The van der Waals surface area contributed by atoms with E-state index in [1.807, 2.05) is 48.2 Å². The Morgan fingerprint density at radius 3 is 2.63 bits per heavy atom. The molecule has 0 aliphatic carbocycles. The number of likely N-dealkylation sites (tertiary alicyclic amines) is 1. The van der Waals surface area contributed by atoms with Crippen molar-refractivity contribution in [1.29, 1.82) is 0 Å². The minimum atomic E-state index is 0.169. The molecular weight excluding hydrogens is 304 g/mol. The van der Waals surface area contributed by atoms with Gasteiger partial charge in [-0.2, -0.15) is 0 Å². The zero-order valence-corrected chi connectivity index (χ0v) is 13.2. The monoisotopic (exact) mass is 324 g/mol. The molecule has 104 valence electrons. The van der Waals surface area contributed by atoms with Gasteiger partial charge in [0.1, 0.15) is 0 Å². The number of carbonyl (C=O) groups is 1. The summed E-state index contributed by atoms with van der Waals surface area (Å²) >= 11 is 3.47. The third kappa shape index (κ3) is 3.50. The molecule has 1 aliphatic heterocycles. The quantitative estimate of drug-likeness (QED) is 0.795. The van der Waals surface area contributed by atoms with E-state index in [2.05, 4.69) is 15.9 Å². The molecule has 1 aromatic carbocycles. The van der Waals surface area contributed by atoms with Crippen molar-refractivity contribution < 1.29 is 4.79 Å². The Morgan fingerprint density at radius 1 is 1.37 bits per heavy atom. The lowest BCUT2D eigenvalue weighted by Gasteiger charge is -2.17. The summed E-state index contributed by atoms with van der Waals surface area (Å²) in [6.45, 7) is 1.80. The van der Waals surface area contributed by atoms with Crippen molar-refractivity contribution >= 4 is 27.5 Å². The van der Waals surface area contributed by atoms with E-state index in [1.165, 1.54) is 0 Å². The second-order valence-electron chi connectivity index (χ2n) is 5.32. The largest absolute Gasteiger partial charge is 0.378 e. The van der Waals surface area contributed by atoms with Crippen LogP contribution in [0.15, 0.2) is 24.3 Å². The topological polar surface area (TPSA) is 23.6 Å².